The molecule has 1 unspecified atom stereocenters. The SMILES string of the molecule is Cc1ccc(C(C)(O)Cc2ccsc2)cc1F. The Hall–Kier alpha value is -1.19. The van der Waals surface area contributed by atoms with Crippen molar-refractivity contribution in [3.63, 3.8) is 0 Å². The lowest BCUT2D eigenvalue weighted by atomic mass is 9.89. The fraction of sp³-hybridized carbons (Fsp3) is 0.286. The molecular weight excluding hydrogens is 235 g/mol. The van der Waals surface area contributed by atoms with Gasteiger partial charge < -0.3 is 5.11 Å². The standard InChI is InChI=1S/C14H15FOS/c1-10-3-4-12(7-13(10)15)14(2,16)8-11-5-6-17-9-11/h3-7,9,16H,8H2,1-2H3. The van der Waals surface area contributed by atoms with E-state index in [-0.39, 0.29) is 5.82 Å². The molecule has 0 radical (unpaired) electrons. The normalized spacial score (nSPS) is 14.6. The Kier molecular flexibility index (Phi) is 3.31. The van der Waals surface area contributed by atoms with Crippen LogP contribution in [0.25, 0.3) is 0 Å². The summed E-state index contributed by atoms with van der Waals surface area (Å²) in [5.74, 6) is -0.270. The molecule has 2 rings (SSSR count). The Morgan fingerprint density at radius 3 is 2.71 bits per heavy atom. The molecule has 0 fully saturated rings. The molecule has 0 saturated heterocycles. The molecule has 3 heteroatoms. The first kappa shape index (κ1) is 12.3. The van der Waals surface area contributed by atoms with E-state index in [0.717, 1.165) is 5.56 Å². The van der Waals surface area contributed by atoms with Gasteiger partial charge in [0.15, 0.2) is 0 Å². The van der Waals surface area contributed by atoms with E-state index in [0.29, 0.717) is 17.5 Å². The third-order valence-corrected chi connectivity index (χ3v) is 3.65. The predicted octanol–water partition coefficient (Wildman–Crippen LogP) is 3.65. The van der Waals surface area contributed by atoms with Gasteiger partial charge >= 0.3 is 0 Å². The fourth-order valence-corrected chi connectivity index (χ4v) is 2.49. The zero-order valence-corrected chi connectivity index (χ0v) is 10.7. The van der Waals surface area contributed by atoms with Crippen molar-refractivity contribution in [3.8, 4) is 0 Å². The molecule has 1 heterocycles. The summed E-state index contributed by atoms with van der Waals surface area (Å²) in [7, 11) is 0. The van der Waals surface area contributed by atoms with Gasteiger partial charge in [0, 0.05) is 6.42 Å². The lowest BCUT2D eigenvalue weighted by molar-refractivity contribution is 0.0574. The third-order valence-electron chi connectivity index (χ3n) is 2.92. The first-order valence-electron chi connectivity index (χ1n) is 5.49. The zero-order chi connectivity index (χ0) is 12.5. The second-order valence-electron chi connectivity index (χ2n) is 4.55. The highest BCUT2D eigenvalue weighted by molar-refractivity contribution is 7.07. The molecule has 1 nitrogen and oxygen atoms in total. The van der Waals surface area contributed by atoms with Gasteiger partial charge in [0.2, 0.25) is 0 Å². The zero-order valence-electron chi connectivity index (χ0n) is 9.90. The van der Waals surface area contributed by atoms with E-state index in [9.17, 15) is 9.50 Å². The molecule has 1 aromatic carbocycles. The van der Waals surface area contributed by atoms with Crippen LogP contribution in [0.4, 0.5) is 4.39 Å². The van der Waals surface area contributed by atoms with Crippen LogP contribution in [-0.2, 0) is 12.0 Å². The first-order chi connectivity index (χ1) is 7.99. The van der Waals surface area contributed by atoms with E-state index in [1.807, 2.05) is 16.8 Å². The van der Waals surface area contributed by atoms with Crippen LogP contribution in [0.1, 0.15) is 23.6 Å². The minimum Gasteiger partial charge on any atom is -0.385 e. The Labute approximate surface area is 105 Å². The van der Waals surface area contributed by atoms with E-state index in [1.54, 1.807) is 37.3 Å². The summed E-state index contributed by atoms with van der Waals surface area (Å²) in [6.45, 7) is 3.43. The van der Waals surface area contributed by atoms with Gasteiger partial charge in [-0.1, -0.05) is 12.1 Å². The van der Waals surface area contributed by atoms with Gasteiger partial charge in [0.05, 0.1) is 5.60 Å². The largest absolute Gasteiger partial charge is 0.385 e. The summed E-state index contributed by atoms with van der Waals surface area (Å²) >= 11 is 1.60. The quantitative estimate of drug-likeness (QED) is 0.881. The molecule has 0 aliphatic carbocycles. The molecule has 0 aliphatic rings. The van der Waals surface area contributed by atoms with Crippen LogP contribution >= 0.6 is 11.3 Å². The van der Waals surface area contributed by atoms with Gasteiger partial charge in [-0.2, -0.15) is 11.3 Å². The fourth-order valence-electron chi connectivity index (χ4n) is 1.82. The second kappa shape index (κ2) is 4.59. The van der Waals surface area contributed by atoms with Crippen LogP contribution in [0.15, 0.2) is 35.0 Å². The van der Waals surface area contributed by atoms with Crippen molar-refractivity contribution >= 4 is 11.3 Å². The van der Waals surface area contributed by atoms with Gasteiger partial charge in [-0.25, -0.2) is 4.39 Å². The van der Waals surface area contributed by atoms with E-state index >= 15 is 0 Å². The molecule has 0 bridgehead atoms. The highest BCUT2D eigenvalue weighted by Crippen LogP contribution is 2.27. The maximum Gasteiger partial charge on any atom is 0.126 e. The van der Waals surface area contributed by atoms with Crippen LogP contribution in [-0.4, -0.2) is 5.11 Å². The highest BCUT2D eigenvalue weighted by atomic mass is 32.1. The van der Waals surface area contributed by atoms with Crippen LogP contribution in [0, 0.1) is 12.7 Å². The molecular formula is C14H15FOS. The summed E-state index contributed by atoms with van der Waals surface area (Å²) in [6, 6.07) is 6.88. The first-order valence-corrected chi connectivity index (χ1v) is 6.43. The number of hydrogen-bond acceptors (Lipinski definition) is 2. The smallest absolute Gasteiger partial charge is 0.126 e. The molecule has 1 aromatic heterocycles. The minimum absolute atomic E-state index is 0.270. The van der Waals surface area contributed by atoms with E-state index in [1.165, 1.54) is 6.07 Å². The van der Waals surface area contributed by atoms with Gasteiger partial charge in [-0.05, 0) is 53.4 Å². The van der Waals surface area contributed by atoms with Gasteiger partial charge in [-0.3, -0.25) is 0 Å². The third kappa shape index (κ3) is 2.73. The molecule has 0 amide bonds. The highest BCUT2D eigenvalue weighted by Gasteiger charge is 2.24. The topological polar surface area (TPSA) is 20.2 Å². The average Bonchev–Trinajstić information content (AvgIpc) is 2.73. The Bertz CT molecular complexity index is 503. The molecule has 90 valence electrons. The van der Waals surface area contributed by atoms with E-state index < -0.39 is 5.60 Å². The summed E-state index contributed by atoms with van der Waals surface area (Å²) < 4.78 is 13.5. The van der Waals surface area contributed by atoms with Crippen molar-refractivity contribution in [2.24, 2.45) is 0 Å². The predicted molar refractivity (Wildman–Crippen MR) is 68.7 cm³/mol. The monoisotopic (exact) mass is 250 g/mol. The summed E-state index contributed by atoms with van der Waals surface area (Å²) in [6.07, 6.45) is 0.499. The van der Waals surface area contributed by atoms with Gasteiger partial charge in [-0.15, -0.1) is 0 Å². The molecule has 0 spiro atoms. The number of aliphatic hydroxyl groups is 1. The average molecular weight is 250 g/mol. The summed E-state index contributed by atoms with van der Waals surface area (Å²) in [4.78, 5) is 0. The Morgan fingerprint density at radius 2 is 2.12 bits per heavy atom. The molecule has 0 aliphatic heterocycles. The van der Waals surface area contributed by atoms with Gasteiger partial charge in [0.25, 0.3) is 0 Å². The van der Waals surface area contributed by atoms with E-state index in [2.05, 4.69) is 0 Å². The van der Waals surface area contributed by atoms with Crippen molar-refractivity contribution in [1.29, 1.82) is 0 Å². The van der Waals surface area contributed by atoms with Crippen molar-refractivity contribution in [1.82, 2.24) is 0 Å². The van der Waals surface area contributed by atoms with Crippen molar-refractivity contribution < 1.29 is 9.50 Å². The van der Waals surface area contributed by atoms with Crippen LogP contribution in [0.3, 0.4) is 0 Å². The van der Waals surface area contributed by atoms with E-state index in [4.69, 9.17) is 0 Å². The number of benzene rings is 1. The number of rotatable bonds is 3. The molecule has 2 aromatic rings. The van der Waals surface area contributed by atoms with Crippen molar-refractivity contribution in [3.05, 3.63) is 57.5 Å². The number of halogens is 1. The lowest BCUT2D eigenvalue weighted by Gasteiger charge is -2.23. The maximum absolute atomic E-state index is 13.5. The van der Waals surface area contributed by atoms with Crippen molar-refractivity contribution in [2.75, 3.05) is 0 Å². The molecule has 1 atom stereocenters. The lowest BCUT2D eigenvalue weighted by Crippen LogP contribution is -2.24. The second-order valence-corrected chi connectivity index (χ2v) is 5.33. The molecule has 17 heavy (non-hydrogen) atoms. The molecule has 0 saturated carbocycles. The Balaban J connectivity index is 2.27. The van der Waals surface area contributed by atoms with Crippen LogP contribution in [0.5, 0.6) is 0 Å². The van der Waals surface area contributed by atoms with Crippen LogP contribution < -0.4 is 0 Å². The van der Waals surface area contributed by atoms with Crippen LogP contribution in [0.2, 0.25) is 0 Å². The summed E-state index contributed by atoms with van der Waals surface area (Å²) in [5, 5.41) is 14.4. The number of aryl methyl sites for hydroxylation is 1. The number of thiophene rings is 1. The summed E-state index contributed by atoms with van der Waals surface area (Å²) in [5.41, 5.74) is 1.25. The Morgan fingerprint density at radius 1 is 1.35 bits per heavy atom. The maximum atomic E-state index is 13.5. The molecule has 1 N–H and O–H groups in total. The minimum atomic E-state index is -1.03. The number of hydrogen-bond donors (Lipinski definition) is 1. The van der Waals surface area contributed by atoms with Crippen molar-refractivity contribution in [2.45, 2.75) is 25.9 Å². The van der Waals surface area contributed by atoms with Gasteiger partial charge in [0.1, 0.15) is 5.82 Å².